The minimum Gasteiger partial charge on any atom is -0.270 e. The fourth-order valence-corrected chi connectivity index (χ4v) is 3.39. The Morgan fingerprint density at radius 3 is 2.95 bits per heavy atom. The number of fused-ring (bicyclic) bond motifs is 3. The van der Waals surface area contributed by atoms with Crippen molar-refractivity contribution in [1.29, 1.82) is 5.26 Å². The number of unbranched alkanes of at least 4 members (excludes halogenated alkanes) is 2. The zero-order valence-corrected chi connectivity index (χ0v) is 12.7. The van der Waals surface area contributed by atoms with Crippen LogP contribution in [0.1, 0.15) is 24.8 Å². The van der Waals surface area contributed by atoms with E-state index in [9.17, 15) is 0 Å². The van der Waals surface area contributed by atoms with Crippen LogP contribution in [0.4, 0.5) is 0 Å². The van der Waals surface area contributed by atoms with Gasteiger partial charge in [-0.05, 0) is 37.5 Å². The highest BCUT2D eigenvalue weighted by Crippen LogP contribution is 2.26. The number of aromatic nitrogens is 3. The molecular weight excluding hydrogens is 280 g/mol. The van der Waals surface area contributed by atoms with Gasteiger partial charge in [0, 0.05) is 17.6 Å². The van der Waals surface area contributed by atoms with Gasteiger partial charge in [-0.1, -0.05) is 30.0 Å². The van der Waals surface area contributed by atoms with Gasteiger partial charge in [-0.15, -0.1) is 10.2 Å². The van der Waals surface area contributed by atoms with Crippen molar-refractivity contribution in [2.75, 3.05) is 5.75 Å². The van der Waals surface area contributed by atoms with Crippen molar-refractivity contribution in [2.24, 2.45) is 0 Å². The summed E-state index contributed by atoms with van der Waals surface area (Å²) in [5.74, 6) is 0.963. The summed E-state index contributed by atoms with van der Waals surface area (Å²) in [6, 6.07) is 12.6. The topological polar surface area (TPSA) is 54.0 Å². The lowest BCUT2D eigenvalue weighted by Gasteiger charge is -2.07. The molecule has 0 saturated carbocycles. The number of hydrogen-bond acceptors (Lipinski definition) is 4. The maximum Gasteiger partial charge on any atom is 0.196 e. The molecule has 0 saturated heterocycles. The number of rotatable bonds is 5. The zero-order chi connectivity index (χ0) is 14.7. The third-order valence-electron chi connectivity index (χ3n) is 3.49. The van der Waals surface area contributed by atoms with Gasteiger partial charge in [0.1, 0.15) is 0 Å². The molecule has 3 aromatic rings. The summed E-state index contributed by atoms with van der Waals surface area (Å²) in [5.41, 5.74) is 3.26. The second-order valence-electron chi connectivity index (χ2n) is 4.98. The standard InChI is InChI=1S/C16H16N4S/c1-12-11-15-18-19-16(21-10-6-2-5-9-17)20(15)14-8-4-3-7-13(12)14/h3-4,7-8,11H,2,5-6,10H2,1H3. The van der Waals surface area contributed by atoms with Gasteiger partial charge in [-0.25, -0.2) is 0 Å². The van der Waals surface area contributed by atoms with Crippen LogP contribution < -0.4 is 0 Å². The second-order valence-corrected chi connectivity index (χ2v) is 6.05. The molecule has 1 aromatic carbocycles. The van der Waals surface area contributed by atoms with E-state index in [2.05, 4.69) is 51.9 Å². The monoisotopic (exact) mass is 296 g/mol. The van der Waals surface area contributed by atoms with E-state index in [0.717, 1.165) is 34.9 Å². The third-order valence-corrected chi connectivity index (χ3v) is 4.50. The molecule has 0 fully saturated rings. The third kappa shape index (κ3) is 2.72. The summed E-state index contributed by atoms with van der Waals surface area (Å²) < 4.78 is 2.12. The molecule has 0 radical (unpaired) electrons. The predicted molar refractivity (Wildman–Crippen MR) is 85.4 cm³/mol. The lowest BCUT2D eigenvalue weighted by atomic mass is 10.1. The van der Waals surface area contributed by atoms with E-state index < -0.39 is 0 Å². The van der Waals surface area contributed by atoms with E-state index in [1.807, 2.05) is 6.07 Å². The smallest absolute Gasteiger partial charge is 0.196 e. The van der Waals surface area contributed by atoms with Gasteiger partial charge in [-0.3, -0.25) is 4.40 Å². The first-order valence-corrected chi connectivity index (χ1v) is 8.03. The number of para-hydroxylation sites is 1. The molecule has 0 amide bonds. The van der Waals surface area contributed by atoms with Crippen LogP contribution in [0.25, 0.3) is 16.6 Å². The molecule has 0 unspecified atom stereocenters. The maximum atomic E-state index is 8.55. The fraction of sp³-hybridized carbons (Fsp3) is 0.312. The predicted octanol–water partition coefficient (Wildman–Crippen LogP) is 3.98. The van der Waals surface area contributed by atoms with Crippen LogP contribution in [-0.4, -0.2) is 20.4 Å². The molecule has 21 heavy (non-hydrogen) atoms. The Bertz CT molecular complexity index is 816. The van der Waals surface area contributed by atoms with E-state index >= 15 is 0 Å². The molecule has 5 heteroatoms. The van der Waals surface area contributed by atoms with Crippen LogP contribution in [0.15, 0.2) is 35.5 Å². The molecular formula is C16H16N4S. The number of thioether (sulfide) groups is 1. The summed E-state index contributed by atoms with van der Waals surface area (Å²) in [7, 11) is 0. The first kappa shape index (κ1) is 13.9. The summed E-state index contributed by atoms with van der Waals surface area (Å²) in [6.07, 6.45) is 2.60. The summed E-state index contributed by atoms with van der Waals surface area (Å²) in [4.78, 5) is 0. The highest BCUT2D eigenvalue weighted by Gasteiger charge is 2.10. The van der Waals surface area contributed by atoms with Crippen molar-refractivity contribution in [3.05, 3.63) is 35.9 Å². The van der Waals surface area contributed by atoms with Gasteiger partial charge in [0.15, 0.2) is 10.8 Å². The van der Waals surface area contributed by atoms with E-state index in [-0.39, 0.29) is 0 Å². The van der Waals surface area contributed by atoms with E-state index in [4.69, 9.17) is 5.26 Å². The number of hydrogen-bond donors (Lipinski definition) is 0. The van der Waals surface area contributed by atoms with Gasteiger partial charge in [-0.2, -0.15) is 5.26 Å². The highest BCUT2D eigenvalue weighted by atomic mass is 32.2. The maximum absolute atomic E-state index is 8.55. The van der Waals surface area contributed by atoms with Crippen LogP contribution in [0.3, 0.4) is 0 Å². The van der Waals surface area contributed by atoms with Gasteiger partial charge in [0.2, 0.25) is 0 Å². The highest BCUT2D eigenvalue weighted by molar-refractivity contribution is 7.99. The Morgan fingerprint density at radius 2 is 2.10 bits per heavy atom. The normalized spacial score (nSPS) is 11.0. The number of aryl methyl sites for hydroxylation is 1. The zero-order valence-electron chi connectivity index (χ0n) is 11.9. The van der Waals surface area contributed by atoms with Crippen LogP contribution in [-0.2, 0) is 0 Å². The fourth-order valence-electron chi connectivity index (χ4n) is 2.44. The van der Waals surface area contributed by atoms with Crippen molar-refractivity contribution in [3.8, 4) is 6.07 Å². The van der Waals surface area contributed by atoms with Crippen LogP contribution >= 0.6 is 11.8 Å². The number of pyridine rings is 1. The van der Waals surface area contributed by atoms with Crippen molar-refractivity contribution in [1.82, 2.24) is 14.6 Å². The molecule has 3 rings (SSSR count). The molecule has 106 valence electrons. The molecule has 0 atom stereocenters. The summed E-state index contributed by atoms with van der Waals surface area (Å²) >= 11 is 1.71. The Balaban J connectivity index is 1.94. The Kier molecular flexibility index (Phi) is 4.07. The molecule has 4 nitrogen and oxygen atoms in total. The Morgan fingerprint density at radius 1 is 1.24 bits per heavy atom. The van der Waals surface area contributed by atoms with E-state index in [0.29, 0.717) is 6.42 Å². The molecule has 2 aromatic heterocycles. The largest absolute Gasteiger partial charge is 0.270 e. The van der Waals surface area contributed by atoms with Gasteiger partial charge in [0.05, 0.1) is 11.6 Å². The number of benzene rings is 1. The SMILES string of the molecule is Cc1cc2nnc(SCCCCC#N)n2c2ccccc12. The van der Waals surface area contributed by atoms with Crippen molar-refractivity contribution in [3.63, 3.8) is 0 Å². The molecule has 0 spiro atoms. The lowest BCUT2D eigenvalue weighted by molar-refractivity contribution is 0.826. The van der Waals surface area contributed by atoms with Crippen LogP contribution in [0.2, 0.25) is 0 Å². The molecule has 0 aliphatic rings. The average Bonchev–Trinajstić information content (AvgIpc) is 2.90. The van der Waals surface area contributed by atoms with E-state index in [1.54, 1.807) is 11.8 Å². The summed E-state index contributed by atoms with van der Waals surface area (Å²) in [6.45, 7) is 2.10. The Labute approximate surface area is 127 Å². The van der Waals surface area contributed by atoms with E-state index in [1.165, 1.54) is 10.9 Å². The molecule has 2 heterocycles. The first-order chi connectivity index (χ1) is 10.3. The van der Waals surface area contributed by atoms with Crippen molar-refractivity contribution < 1.29 is 0 Å². The minimum atomic E-state index is 0.628. The second kappa shape index (κ2) is 6.15. The molecule has 0 N–H and O–H groups in total. The molecule has 0 aliphatic heterocycles. The quantitative estimate of drug-likeness (QED) is 0.528. The van der Waals surface area contributed by atoms with Crippen molar-refractivity contribution >= 4 is 28.3 Å². The van der Waals surface area contributed by atoms with Crippen LogP contribution in [0, 0.1) is 18.3 Å². The molecule has 0 aliphatic carbocycles. The van der Waals surface area contributed by atoms with Gasteiger partial charge < -0.3 is 0 Å². The Hall–Kier alpha value is -2.06. The summed E-state index contributed by atoms with van der Waals surface area (Å²) in [5, 5.41) is 19.3. The van der Waals surface area contributed by atoms with Gasteiger partial charge in [0.25, 0.3) is 0 Å². The first-order valence-electron chi connectivity index (χ1n) is 7.04. The lowest BCUT2D eigenvalue weighted by Crippen LogP contribution is -1.93. The van der Waals surface area contributed by atoms with Crippen LogP contribution in [0.5, 0.6) is 0 Å². The van der Waals surface area contributed by atoms with Crippen molar-refractivity contribution in [2.45, 2.75) is 31.3 Å². The number of nitrogens with zero attached hydrogens (tertiary/aromatic N) is 4. The number of nitriles is 1. The van der Waals surface area contributed by atoms with Gasteiger partial charge >= 0.3 is 0 Å². The minimum absolute atomic E-state index is 0.628. The molecule has 0 bridgehead atoms. The average molecular weight is 296 g/mol.